The summed E-state index contributed by atoms with van der Waals surface area (Å²) in [5, 5.41) is 6.02. The van der Waals surface area contributed by atoms with Crippen molar-refractivity contribution in [3.8, 4) is 0 Å². The summed E-state index contributed by atoms with van der Waals surface area (Å²) in [4.78, 5) is 25.4. The number of amides is 2. The lowest BCUT2D eigenvalue weighted by atomic mass is 10.1. The average Bonchev–Trinajstić information content (AvgIpc) is 2.44. The molecule has 5 nitrogen and oxygen atoms in total. The van der Waals surface area contributed by atoms with E-state index in [2.05, 4.69) is 17.6 Å². The third-order valence-corrected chi connectivity index (χ3v) is 3.36. The van der Waals surface area contributed by atoms with Gasteiger partial charge in [0.25, 0.3) is 5.91 Å². The second-order valence-corrected chi connectivity index (χ2v) is 5.03. The van der Waals surface area contributed by atoms with E-state index in [0.717, 1.165) is 24.2 Å². The largest absolute Gasteiger partial charge is 0.385 e. The predicted octanol–water partition coefficient (Wildman–Crippen LogP) is 1.39. The molecule has 1 fully saturated rings. The van der Waals surface area contributed by atoms with E-state index in [1.54, 1.807) is 4.90 Å². The summed E-state index contributed by atoms with van der Waals surface area (Å²) in [6.07, 6.45) is 1.06. The molecule has 1 aliphatic rings. The number of piperazine rings is 1. The molecular weight excluding hydrogens is 254 g/mol. The molecule has 1 aromatic carbocycles. The van der Waals surface area contributed by atoms with Crippen LogP contribution in [-0.2, 0) is 4.79 Å². The van der Waals surface area contributed by atoms with E-state index in [4.69, 9.17) is 0 Å². The average molecular weight is 275 g/mol. The number of aryl methyl sites for hydroxylation is 1. The smallest absolute Gasteiger partial charge is 0.254 e. The molecule has 2 amide bonds. The molecule has 5 heteroatoms. The molecule has 0 aliphatic carbocycles. The molecule has 0 radical (unpaired) electrons. The van der Waals surface area contributed by atoms with Crippen molar-refractivity contribution in [2.45, 2.75) is 20.3 Å². The summed E-state index contributed by atoms with van der Waals surface area (Å²) in [5.41, 5.74) is 2.63. The van der Waals surface area contributed by atoms with Crippen LogP contribution in [0.15, 0.2) is 18.2 Å². The molecule has 0 bridgehead atoms. The van der Waals surface area contributed by atoms with Crippen molar-refractivity contribution in [2.75, 3.05) is 31.5 Å². The van der Waals surface area contributed by atoms with Gasteiger partial charge in [0.15, 0.2) is 0 Å². The van der Waals surface area contributed by atoms with Gasteiger partial charge in [-0.25, -0.2) is 0 Å². The van der Waals surface area contributed by atoms with Crippen LogP contribution in [0.1, 0.15) is 29.3 Å². The Morgan fingerprint density at radius 2 is 2.25 bits per heavy atom. The highest BCUT2D eigenvalue weighted by Crippen LogP contribution is 2.17. The van der Waals surface area contributed by atoms with Gasteiger partial charge in [-0.1, -0.05) is 6.92 Å². The van der Waals surface area contributed by atoms with Crippen LogP contribution in [0.4, 0.5) is 5.69 Å². The quantitative estimate of drug-likeness (QED) is 0.873. The van der Waals surface area contributed by atoms with Crippen LogP contribution in [0.2, 0.25) is 0 Å². The number of nitrogens with zero attached hydrogens (tertiary/aromatic N) is 1. The first-order valence-corrected chi connectivity index (χ1v) is 7.02. The molecular formula is C15H21N3O2. The van der Waals surface area contributed by atoms with Crippen LogP contribution in [0.25, 0.3) is 0 Å². The van der Waals surface area contributed by atoms with Gasteiger partial charge >= 0.3 is 0 Å². The number of nitrogens with one attached hydrogen (secondary N) is 2. The van der Waals surface area contributed by atoms with Gasteiger partial charge in [-0.15, -0.1) is 0 Å². The zero-order valence-electron chi connectivity index (χ0n) is 12.0. The minimum atomic E-state index is -0.0940. The zero-order valence-corrected chi connectivity index (χ0v) is 12.0. The fraction of sp³-hybridized carbons (Fsp3) is 0.467. The van der Waals surface area contributed by atoms with Gasteiger partial charge in [0, 0.05) is 30.9 Å². The Morgan fingerprint density at radius 1 is 1.45 bits per heavy atom. The highest BCUT2D eigenvalue weighted by atomic mass is 16.2. The monoisotopic (exact) mass is 275 g/mol. The second-order valence-electron chi connectivity index (χ2n) is 5.03. The molecule has 0 saturated carbocycles. The third kappa shape index (κ3) is 3.29. The van der Waals surface area contributed by atoms with Crippen molar-refractivity contribution in [3.63, 3.8) is 0 Å². The molecule has 20 heavy (non-hydrogen) atoms. The zero-order chi connectivity index (χ0) is 14.5. The third-order valence-electron chi connectivity index (χ3n) is 3.36. The van der Waals surface area contributed by atoms with Crippen molar-refractivity contribution in [1.29, 1.82) is 0 Å². The van der Waals surface area contributed by atoms with E-state index in [1.807, 2.05) is 25.1 Å². The van der Waals surface area contributed by atoms with E-state index in [9.17, 15) is 9.59 Å². The lowest BCUT2D eigenvalue weighted by Crippen LogP contribution is -2.50. The van der Waals surface area contributed by atoms with E-state index in [1.165, 1.54) is 0 Å². The molecule has 2 N–H and O–H groups in total. The molecule has 0 unspecified atom stereocenters. The maximum Gasteiger partial charge on any atom is 0.254 e. The van der Waals surface area contributed by atoms with Gasteiger partial charge in [0.1, 0.15) is 0 Å². The van der Waals surface area contributed by atoms with Crippen molar-refractivity contribution >= 4 is 17.5 Å². The fourth-order valence-corrected chi connectivity index (χ4v) is 2.27. The molecule has 1 aliphatic heterocycles. The summed E-state index contributed by atoms with van der Waals surface area (Å²) < 4.78 is 0. The Kier molecular flexibility index (Phi) is 4.61. The van der Waals surface area contributed by atoms with Crippen molar-refractivity contribution in [1.82, 2.24) is 10.2 Å². The standard InChI is InChI=1S/C15H21N3O2/c1-3-6-16-12-4-5-13(11(2)9-12)15(20)18-8-7-17-14(19)10-18/h4-5,9,16H,3,6-8,10H2,1-2H3,(H,17,19). The van der Waals surface area contributed by atoms with Gasteiger partial charge in [-0.05, 0) is 37.1 Å². The van der Waals surface area contributed by atoms with Crippen LogP contribution in [0.5, 0.6) is 0 Å². The Balaban J connectivity index is 2.11. The normalized spacial score (nSPS) is 14.9. The van der Waals surface area contributed by atoms with Gasteiger partial charge in [-0.2, -0.15) is 0 Å². The number of benzene rings is 1. The molecule has 1 saturated heterocycles. The van der Waals surface area contributed by atoms with Gasteiger partial charge in [-0.3, -0.25) is 9.59 Å². The first-order chi connectivity index (χ1) is 9.61. The van der Waals surface area contributed by atoms with Gasteiger partial charge in [0.2, 0.25) is 5.91 Å². The number of carbonyl (C=O) groups excluding carboxylic acids is 2. The Labute approximate surface area is 119 Å². The van der Waals surface area contributed by atoms with Crippen molar-refractivity contribution < 1.29 is 9.59 Å². The topological polar surface area (TPSA) is 61.4 Å². The molecule has 0 spiro atoms. The van der Waals surface area contributed by atoms with Gasteiger partial charge in [0.05, 0.1) is 6.54 Å². The number of rotatable bonds is 4. The molecule has 2 rings (SSSR count). The first kappa shape index (κ1) is 14.4. The summed E-state index contributed by atoms with van der Waals surface area (Å²) in [6, 6.07) is 5.73. The van der Waals surface area contributed by atoms with E-state index < -0.39 is 0 Å². The van der Waals surface area contributed by atoms with Crippen LogP contribution in [0, 0.1) is 6.92 Å². The van der Waals surface area contributed by atoms with Crippen LogP contribution >= 0.6 is 0 Å². The number of hydrogen-bond donors (Lipinski definition) is 2. The maximum absolute atomic E-state index is 12.4. The highest BCUT2D eigenvalue weighted by molar-refractivity contribution is 5.98. The molecule has 0 atom stereocenters. The number of carbonyl (C=O) groups is 2. The second kappa shape index (κ2) is 6.41. The van der Waals surface area contributed by atoms with Crippen LogP contribution in [0.3, 0.4) is 0 Å². The fourth-order valence-electron chi connectivity index (χ4n) is 2.27. The SMILES string of the molecule is CCCNc1ccc(C(=O)N2CCNC(=O)C2)c(C)c1. The number of hydrogen-bond acceptors (Lipinski definition) is 3. The van der Waals surface area contributed by atoms with Gasteiger partial charge < -0.3 is 15.5 Å². The van der Waals surface area contributed by atoms with Crippen molar-refractivity contribution in [3.05, 3.63) is 29.3 Å². The lowest BCUT2D eigenvalue weighted by molar-refractivity contribution is -0.123. The Morgan fingerprint density at radius 3 is 2.90 bits per heavy atom. The molecule has 1 heterocycles. The van der Waals surface area contributed by atoms with Crippen LogP contribution < -0.4 is 10.6 Å². The summed E-state index contributed by atoms with van der Waals surface area (Å²) >= 11 is 0. The van der Waals surface area contributed by atoms with Crippen LogP contribution in [-0.4, -0.2) is 42.9 Å². The molecule has 0 aromatic heterocycles. The lowest BCUT2D eigenvalue weighted by Gasteiger charge is -2.27. The minimum Gasteiger partial charge on any atom is -0.385 e. The first-order valence-electron chi connectivity index (χ1n) is 7.02. The Hall–Kier alpha value is -2.04. The van der Waals surface area contributed by atoms with E-state index >= 15 is 0 Å². The van der Waals surface area contributed by atoms with Crippen molar-refractivity contribution in [2.24, 2.45) is 0 Å². The summed E-state index contributed by atoms with van der Waals surface area (Å²) in [5.74, 6) is -0.164. The maximum atomic E-state index is 12.4. The molecule has 1 aromatic rings. The summed E-state index contributed by atoms with van der Waals surface area (Å²) in [6.45, 7) is 6.19. The van der Waals surface area contributed by atoms with E-state index in [-0.39, 0.29) is 18.4 Å². The highest BCUT2D eigenvalue weighted by Gasteiger charge is 2.23. The minimum absolute atomic E-state index is 0.0700. The Bertz CT molecular complexity index is 514. The number of anilines is 1. The molecule has 108 valence electrons. The van der Waals surface area contributed by atoms with E-state index in [0.29, 0.717) is 18.7 Å². The summed E-state index contributed by atoms with van der Waals surface area (Å²) in [7, 11) is 0. The predicted molar refractivity (Wildman–Crippen MR) is 78.9 cm³/mol.